The molecule has 100 valence electrons. The molecule has 0 saturated heterocycles. The number of nitrogens with one attached hydrogen (secondary N) is 1. The SMILES string of the molecule is CC(CCC(=O)O)Nc1nccc(OC(C)C)n1. The molecule has 6 heteroatoms. The van der Waals surface area contributed by atoms with Crippen molar-refractivity contribution in [1.82, 2.24) is 9.97 Å². The molecule has 0 amide bonds. The molecular weight excluding hydrogens is 234 g/mol. The van der Waals surface area contributed by atoms with Gasteiger partial charge in [0.2, 0.25) is 11.8 Å². The lowest BCUT2D eigenvalue weighted by Crippen LogP contribution is -2.18. The molecule has 0 fully saturated rings. The fraction of sp³-hybridized carbons (Fsp3) is 0.583. The zero-order valence-electron chi connectivity index (χ0n) is 10.9. The Morgan fingerprint density at radius 3 is 2.83 bits per heavy atom. The number of carbonyl (C=O) groups is 1. The van der Waals surface area contributed by atoms with Gasteiger partial charge < -0.3 is 15.2 Å². The smallest absolute Gasteiger partial charge is 0.303 e. The quantitative estimate of drug-likeness (QED) is 0.772. The number of hydrogen-bond donors (Lipinski definition) is 2. The van der Waals surface area contributed by atoms with Crippen LogP contribution in [0, 0.1) is 0 Å². The monoisotopic (exact) mass is 253 g/mol. The number of aromatic nitrogens is 2. The van der Waals surface area contributed by atoms with Crippen molar-refractivity contribution in [2.24, 2.45) is 0 Å². The summed E-state index contributed by atoms with van der Waals surface area (Å²) in [6.45, 7) is 5.73. The standard InChI is InChI=1S/C12H19N3O3/c1-8(2)18-10-6-7-13-12(15-10)14-9(3)4-5-11(16)17/h6-9H,4-5H2,1-3H3,(H,16,17)(H,13,14,15). The Labute approximate surface area is 106 Å². The van der Waals surface area contributed by atoms with Gasteiger partial charge in [-0.25, -0.2) is 4.98 Å². The molecule has 0 radical (unpaired) electrons. The van der Waals surface area contributed by atoms with E-state index >= 15 is 0 Å². The number of hydrogen-bond acceptors (Lipinski definition) is 5. The van der Waals surface area contributed by atoms with Gasteiger partial charge in [0.05, 0.1) is 6.10 Å². The molecule has 0 aliphatic rings. The number of carboxylic acid groups (broad SMARTS) is 1. The third kappa shape index (κ3) is 5.47. The van der Waals surface area contributed by atoms with Crippen LogP contribution in [0.4, 0.5) is 5.95 Å². The van der Waals surface area contributed by atoms with E-state index < -0.39 is 5.97 Å². The highest BCUT2D eigenvalue weighted by atomic mass is 16.5. The summed E-state index contributed by atoms with van der Waals surface area (Å²) < 4.78 is 5.45. The first kappa shape index (κ1) is 14.2. The molecule has 1 heterocycles. The summed E-state index contributed by atoms with van der Waals surface area (Å²) in [5.74, 6) is 0.153. The molecule has 2 N–H and O–H groups in total. The van der Waals surface area contributed by atoms with Crippen LogP contribution in [0.5, 0.6) is 5.88 Å². The predicted molar refractivity (Wildman–Crippen MR) is 67.8 cm³/mol. The lowest BCUT2D eigenvalue weighted by atomic mass is 10.2. The van der Waals surface area contributed by atoms with Gasteiger partial charge in [0, 0.05) is 24.7 Å². The zero-order valence-corrected chi connectivity index (χ0v) is 10.9. The maximum absolute atomic E-state index is 10.5. The largest absolute Gasteiger partial charge is 0.481 e. The maximum Gasteiger partial charge on any atom is 0.303 e. The number of ether oxygens (including phenoxy) is 1. The van der Waals surface area contributed by atoms with E-state index in [0.29, 0.717) is 18.2 Å². The van der Waals surface area contributed by atoms with Gasteiger partial charge in [-0.15, -0.1) is 0 Å². The van der Waals surface area contributed by atoms with Crippen molar-refractivity contribution in [2.45, 2.75) is 45.8 Å². The molecule has 0 spiro atoms. The van der Waals surface area contributed by atoms with E-state index in [1.165, 1.54) is 0 Å². The lowest BCUT2D eigenvalue weighted by molar-refractivity contribution is -0.137. The number of rotatable bonds is 7. The summed E-state index contributed by atoms with van der Waals surface area (Å²) in [5.41, 5.74) is 0. The molecule has 0 aromatic carbocycles. The number of anilines is 1. The average molecular weight is 253 g/mol. The Bertz CT molecular complexity index is 396. The van der Waals surface area contributed by atoms with E-state index in [-0.39, 0.29) is 18.6 Å². The van der Waals surface area contributed by atoms with Crippen molar-refractivity contribution in [1.29, 1.82) is 0 Å². The Morgan fingerprint density at radius 2 is 2.22 bits per heavy atom. The van der Waals surface area contributed by atoms with E-state index in [2.05, 4.69) is 15.3 Å². The van der Waals surface area contributed by atoms with Crippen LogP contribution in [0.15, 0.2) is 12.3 Å². The molecule has 18 heavy (non-hydrogen) atoms. The van der Waals surface area contributed by atoms with Crippen LogP contribution in [-0.4, -0.2) is 33.2 Å². The molecule has 1 unspecified atom stereocenters. The highest BCUT2D eigenvalue weighted by Crippen LogP contribution is 2.12. The van der Waals surface area contributed by atoms with Crippen molar-refractivity contribution < 1.29 is 14.6 Å². The second kappa shape index (κ2) is 6.78. The first-order valence-electron chi connectivity index (χ1n) is 5.95. The first-order chi connectivity index (χ1) is 8.47. The summed E-state index contributed by atoms with van der Waals surface area (Å²) in [4.78, 5) is 18.7. The molecule has 1 atom stereocenters. The fourth-order valence-corrected chi connectivity index (χ4v) is 1.35. The Balaban J connectivity index is 2.53. The molecule has 0 aliphatic heterocycles. The summed E-state index contributed by atoms with van der Waals surface area (Å²) in [7, 11) is 0. The minimum Gasteiger partial charge on any atom is -0.481 e. The summed E-state index contributed by atoms with van der Waals surface area (Å²) >= 11 is 0. The van der Waals surface area contributed by atoms with E-state index in [9.17, 15) is 4.79 Å². The Kier molecular flexibility index (Phi) is 5.35. The van der Waals surface area contributed by atoms with Crippen LogP contribution in [0.1, 0.15) is 33.6 Å². The van der Waals surface area contributed by atoms with Crippen LogP contribution >= 0.6 is 0 Å². The van der Waals surface area contributed by atoms with Gasteiger partial charge in [-0.3, -0.25) is 4.79 Å². The average Bonchev–Trinajstić information content (AvgIpc) is 2.26. The zero-order chi connectivity index (χ0) is 13.5. The van der Waals surface area contributed by atoms with E-state index in [1.54, 1.807) is 12.3 Å². The highest BCUT2D eigenvalue weighted by molar-refractivity contribution is 5.66. The Hall–Kier alpha value is -1.85. The molecule has 0 saturated carbocycles. The summed E-state index contributed by atoms with van der Waals surface area (Å²) in [6, 6.07) is 1.68. The van der Waals surface area contributed by atoms with Crippen molar-refractivity contribution in [3.63, 3.8) is 0 Å². The molecule has 0 aliphatic carbocycles. The molecular formula is C12H19N3O3. The Morgan fingerprint density at radius 1 is 1.50 bits per heavy atom. The second-order valence-electron chi connectivity index (χ2n) is 4.36. The number of carboxylic acids is 1. The first-order valence-corrected chi connectivity index (χ1v) is 5.95. The van der Waals surface area contributed by atoms with Gasteiger partial charge in [0.15, 0.2) is 0 Å². The molecule has 0 bridgehead atoms. The number of aliphatic carboxylic acids is 1. The van der Waals surface area contributed by atoms with Crippen molar-refractivity contribution in [2.75, 3.05) is 5.32 Å². The van der Waals surface area contributed by atoms with Crippen LogP contribution < -0.4 is 10.1 Å². The van der Waals surface area contributed by atoms with Gasteiger partial charge in [-0.2, -0.15) is 4.98 Å². The molecule has 6 nitrogen and oxygen atoms in total. The minimum absolute atomic E-state index is 0.00426. The minimum atomic E-state index is -0.804. The van der Waals surface area contributed by atoms with Gasteiger partial charge in [0.1, 0.15) is 0 Å². The predicted octanol–water partition coefficient (Wildman–Crippen LogP) is 1.93. The third-order valence-corrected chi connectivity index (χ3v) is 2.15. The second-order valence-corrected chi connectivity index (χ2v) is 4.36. The third-order valence-electron chi connectivity index (χ3n) is 2.15. The van der Waals surface area contributed by atoms with Crippen LogP contribution in [-0.2, 0) is 4.79 Å². The van der Waals surface area contributed by atoms with Crippen LogP contribution in [0.25, 0.3) is 0 Å². The van der Waals surface area contributed by atoms with E-state index in [4.69, 9.17) is 9.84 Å². The van der Waals surface area contributed by atoms with Gasteiger partial charge in [-0.05, 0) is 27.2 Å². The summed E-state index contributed by atoms with van der Waals surface area (Å²) in [6.07, 6.45) is 2.30. The highest BCUT2D eigenvalue weighted by Gasteiger charge is 2.08. The van der Waals surface area contributed by atoms with Gasteiger partial charge in [-0.1, -0.05) is 0 Å². The molecule has 1 aromatic heterocycles. The van der Waals surface area contributed by atoms with Crippen molar-refractivity contribution in [3.05, 3.63) is 12.3 Å². The van der Waals surface area contributed by atoms with Gasteiger partial charge in [0.25, 0.3) is 0 Å². The normalized spacial score (nSPS) is 12.2. The van der Waals surface area contributed by atoms with Crippen molar-refractivity contribution in [3.8, 4) is 5.88 Å². The van der Waals surface area contributed by atoms with Crippen molar-refractivity contribution >= 4 is 11.9 Å². The number of nitrogens with zero attached hydrogens (tertiary/aromatic N) is 2. The van der Waals surface area contributed by atoms with Gasteiger partial charge >= 0.3 is 5.97 Å². The lowest BCUT2D eigenvalue weighted by Gasteiger charge is -2.14. The summed E-state index contributed by atoms with van der Waals surface area (Å²) in [5, 5.41) is 11.6. The topological polar surface area (TPSA) is 84.3 Å². The molecule has 1 aromatic rings. The molecule has 1 rings (SSSR count). The van der Waals surface area contributed by atoms with Crippen LogP contribution in [0.3, 0.4) is 0 Å². The maximum atomic E-state index is 10.5. The van der Waals surface area contributed by atoms with Crippen LogP contribution in [0.2, 0.25) is 0 Å². The van der Waals surface area contributed by atoms with E-state index in [0.717, 1.165) is 0 Å². The fourth-order valence-electron chi connectivity index (χ4n) is 1.35. The van der Waals surface area contributed by atoms with E-state index in [1.807, 2.05) is 20.8 Å².